The molecule has 5 heteroatoms. The normalized spacial score (nSPS) is 22.4. The van der Waals surface area contributed by atoms with Crippen molar-refractivity contribution in [2.24, 2.45) is 0 Å². The van der Waals surface area contributed by atoms with E-state index in [4.69, 9.17) is 0 Å². The van der Waals surface area contributed by atoms with Gasteiger partial charge >= 0.3 is 0 Å². The van der Waals surface area contributed by atoms with E-state index in [1.165, 1.54) is 0 Å². The topological polar surface area (TPSA) is 49.4 Å². The molecular formula is C14H17BrN2O2. The van der Waals surface area contributed by atoms with Crippen molar-refractivity contribution in [1.29, 1.82) is 0 Å². The fourth-order valence-electron chi connectivity index (χ4n) is 2.19. The SMILES string of the molecule is Cc1ccc(N2C(=O)C(C)(C)NC(=O)C2C)c(Br)c1. The van der Waals surface area contributed by atoms with Crippen LogP contribution in [-0.4, -0.2) is 23.4 Å². The van der Waals surface area contributed by atoms with Gasteiger partial charge in [-0.05, 0) is 61.3 Å². The number of halogens is 1. The number of aryl methyl sites for hydroxylation is 1. The number of anilines is 1. The van der Waals surface area contributed by atoms with Crippen molar-refractivity contribution in [2.75, 3.05) is 4.90 Å². The zero-order valence-corrected chi connectivity index (χ0v) is 13.0. The summed E-state index contributed by atoms with van der Waals surface area (Å²) in [5.74, 6) is -0.249. The lowest BCUT2D eigenvalue weighted by molar-refractivity contribution is -0.136. The number of nitrogens with one attached hydrogen (secondary N) is 1. The van der Waals surface area contributed by atoms with Crippen LogP contribution in [0.3, 0.4) is 0 Å². The number of piperazine rings is 1. The van der Waals surface area contributed by atoms with Gasteiger partial charge in [0, 0.05) is 4.47 Å². The molecule has 1 N–H and O–H groups in total. The lowest BCUT2D eigenvalue weighted by Crippen LogP contribution is -2.67. The van der Waals surface area contributed by atoms with Gasteiger partial charge in [0.15, 0.2) is 0 Å². The minimum Gasteiger partial charge on any atom is -0.340 e. The minimum atomic E-state index is -0.881. The Hall–Kier alpha value is -1.36. The van der Waals surface area contributed by atoms with E-state index in [-0.39, 0.29) is 11.8 Å². The number of hydrogen-bond donors (Lipinski definition) is 1. The van der Waals surface area contributed by atoms with Crippen LogP contribution in [0.4, 0.5) is 5.69 Å². The van der Waals surface area contributed by atoms with E-state index in [0.717, 1.165) is 15.7 Å². The lowest BCUT2D eigenvalue weighted by atomic mass is 9.96. The standard InChI is InChI=1S/C14H17BrN2O2/c1-8-5-6-11(10(15)7-8)17-9(2)12(18)16-14(3,4)13(17)19/h5-7,9H,1-4H3,(H,16,18). The number of rotatable bonds is 1. The molecule has 0 bridgehead atoms. The van der Waals surface area contributed by atoms with Crippen molar-refractivity contribution in [3.63, 3.8) is 0 Å². The fourth-order valence-corrected chi connectivity index (χ4v) is 2.87. The predicted octanol–water partition coefficient (Wildman–Crippen LogP) is 2.39. The molecule has 1 aliphatic heterocycles. The second-order valence-corrected chi connectivity index (χ2v) is 6.27. The maximum atomic E-state index is 12.5. The summed E-state index contributed by atoms with van der Waals surface area (Å²) in [6.45, 7) is 7.14. The summed E-state index contributed by atoms with van der Waals surface area (Å²) in [6, 6.07) is 5.22. The van der Waals surface area contributed by atoms with E-state index in [9.17, 15) is 9.59 Å². The van der Waals surface area contributed by atoms with E-state index in [2.05, 4.69) is 21.2 Å². The summed E-state index contributed by atoms with van der Waals surface area (Å²) in [5, 5.41) is 2.74. The molecule has 102 valence electrons. The maximum Gasteiger partial charge on any atom is 0.252 e. The summed E-state index contributed by atoms with van der Waals surface area (Å²) in [7, 11) is 0. The first kappa shape index (κ1) is 14.1. The van der Waals surface area contributed by atoms with E-state index >= 15 is 0 Å². The zero-order chi connectivity index (χ0) is 14.4. The Morgan fingerprint density at radius 3 is 2.53 bits per heavy atom. The number of hydrogen-bond acceptors (Lipinski definition) is 2. The van der Waals surface area contributed by atoms with Gasteiger partial charge in [-0.15, -0.1) is 0 Å². The monoisotopic (exact) mass is 324 g/mol. The number of amides is 2. The average Bonchev–Trinajstić information content (AvgIpc) is 2.29. The smallest absolute Gasteiger partial charge is 0.252 e. The van der Waals surface area contributed by atoms with Gasteiger partial charge in [-0.3, -0.25) is 14.5 Å². The Labute approximate surface area is 121 Å². The van der Waals surface area contributed by atoms with Gasteiger partial charge in [0.05, 0.1) is 5.69 Å². The highest BCUT2D eigenvalue weighted by Gasteiger charge is 2.44. The van der Waals surface area contributed by atoms with Crippen LogP contribution in [0.15, 0.2) is 22.7 Å². The highest BCUT2D eigenvalue weighted by molar-refractivity contribution is 9.10. The molecule has 0 saturated carbocycles. The van der Waals surface area contributed by atoms with Crippen LogP contribution in [0.2, 0.25) is 0 Å². The van der Waals surface area contributed by atoms with Crippen molar-refractivity contribution in [1.82, 2.24) is 5.32 Å². The Morgan fingerprint density at radius 1 is 1.32 bits per heavy atom. The molecule has 0 radical (unpaired) electrons. The van der Waals surface area contributed by atoms with Crippen molar-refractivity contribution in [3.05, 3.63) is 28.2 Å². The molecule has 2 amide bonds. The van der Waals surface area contributed by atoms with Gasteiger partial charge in [-0.1, -0.05) is 6.07 Å². The number of benzene rings is 1. The third-order valence-electron chi connectivity index (χ3n) is 3.32. The Kier molecular flexibility index (Phi) is 3.43. The molecule has 2 rings (SSSR count). The Bertz CT molecular complexity index is 554. The second-order valence-electron chi connectivity index (χ2n) is 5.42. The molecule has 19 heavy (non-hydrogen) atoms. The molecule has 0 aromatic heterocycles. The Morgan fingerprint density at radius 2 is 1.95 bits per heavy atom. The molecule has 1 unspecified atom stereocenters. The maximum absolute atomic E-state index is 12.5. The number of nitrogens with zero attached hydrogens (tertiary/aromatic N) is 1. The summed E-state index contributed by atoms with van der Waals surface area (Å²) in [6.07, 6.45) is 0. The predicted molar refractivity (Wildman–Crippen MR) is 78.0 cm³/mol. The summed E-state index contributed by atoms with van der Waals surface area (Å²) >= 11 is 3.47. The van der Waals surface area contributed by atoms with Gasteiger partial charge in [0.2, 0.25) is 5.91 Å². The molecule has 1 fully saturated rings. The molecule has 1 saturated heterocycles. The van der Waals surface area contributed by atoms with Crippen molar-refractivity contribution < 1.29 is 9.59 Å². The summed E-state index contributed by atoms with van der Waals surface area (Å²) in [5.41, 5.74) is 0.941. The fraction of sp³-hybridized carbons (Fsp3) is 0.429. The molecule has 1 atom stereocenters. The quantitative estimate of drug-likeness (QED) is 0.862. The van der Waals surface area contributed by atoms with Crippen LogP contribution in [-0.2, 0) is 9.59 Å². The summed E-state index contributed by atoms with van der Waals surface area (Å²) in [4.78, 5) is 26.1. The molecule has 0 spiro atoms. The van der Waals surface area contributed by atoms with Crippen LogP contribution in [0, 0.1) is 6.92 Å². The molecular weight excluding hydrogens is 308 g/mol. The zero-order valence-electron chi connectivity index (χ0n) is 11.5. The van der Waals surface area contributed by atoms with Gasteiger partial charge < -0.3 is 5.32 Å². The van der Waals surface area contributed by atoms with E-state index in [0.29, 0.717) is 0 Å². The molecule has 1 aromatic rings. The third-order valence-corrected chi connectivity index (χ3v) is 3.95. The minimum absolute atomic E-state index is 0.107. The first-order chi connectivity index (χ1) is 8.74. The average molecular weight is 325 g/mol. The van der Waals surface area contributed by atoms with Gasteiger partial charge in [0.1, 0.15) is 11.6 Å². The van der Waals surface area contributed by atoms with Crippen LogP contribution in [0.25, 0.3) is 0 Å². The van der Waals surface area contributed by atoms with Crippen LogP contribution >= 0.6 is 15.9 Å². The van der Waals surface area contributed by atoms with Crippen LogP contribution in [0.5, 0.6) is 0 Å². The molecule has 1 aromatic carbocycles. The summed E-state index contributed by atoms with van der Waals surface area (Å²) < 4.78 is 0.818. The molecule has 4 nitrogen and oxygen atoms in total. The second kappa shape index (κ2) is 4.63. The molecule has 1 aliphatic rings. The van der Waals surface area contributed by atoms with Gasteiger partial charge in [-0.2, -0.15) is 0 Å². The van der Waals surface area contributed by atoms with Crippen LogP contribution < -0.4 is 10.2 Å². The molecule has 1 heterocycles. The first-order valence-corrected chi connectivity index (χ1v) is 6.95. The number of carbonyl (C=O) groups is 2. The lowest BCUT2D eigenvalue weighted by Gasteiger charge is -2.41. The van der Waals surface area contributed by atoms with Gasteiger partial charge in [-0.25, -0.2) is 0 Å². The Balaban J connectivity index is 2.51. The van der Waals surface area contributed by atoms with Crippen LogP contribution in [0.1, 0.15) is 26.3 Å². The van der Waals surface area contributed by atoms with E-state index in [1.807, 2.05) is 25.1 Å². The van der Waals surface area contributed by atoms with E-state index in [1.54, 1.807) is 25.7 Å². The first-order valence-electron chi connectivity index (χ1n) is 6.16. The van der Waals surface area contributed by atoms with E-state index < -0.39 is 11.6 Å². The van der Waals surface area contributed by atoms with Gasteiger partial charge in [0.25, 0.3) is 5.91 Å². The molecule has 0 aliphatic carbocycles. The third kappa shape index (κ3) is 2.39. The highest BCUT2D eigenvalue weighted by atomic mass is 79.9. The number of carbonyl (C=O) groups excluding carboxylic acids is 2. The van der Waals surface area contributed by atoms with Crippen molar-refractivity contribution in [3.8, 4) is 0 Å². The van der Waals surface area contributed by atoms with Crippen molar-refractivity contribution >= 4 is 33.4 Å². The highest BCUT2D eigenvalue weighted by Crippen LogP contribution is 2.32. The van der Waals surface area contributed by atoms with Crippen molar-refractivity contribution in [2.45, 2.75) is 39.3 Å². The largest absolute Gasteiger partial charge is 0.340 e.